The second-order valence-corrected chi connectivity index (χ2v) is 9.53. The van der Waals surface area contributed by atoms with E-state index in [0.29, 0.717) is 11.1 Å². The van der Waals surface area contributed by atoms with E-state index in [-0.39, 0.29) is 4.90 Å². The number of aliphatic hydroxyl groups excluding tert-OH is 1. The summed E-state index contributed by atoms with van der Waals surface area (Å²) in [6.45, 7) is 3.81. The van der Waals surface area contributed by atoms with Gasteiger partial charge in [0.2, 0.25) is 10.0 Å². The van der Waals surface area contributed by atoms with Crippen LogP contribution in [0.1, 0.15) is 34.4 Å². The first-order valence-corrected chi connectivity index (χ1v) is 11.6. The Morgan fingerprint density at radius 1 is 0.774 bits per heavy atom. The lowest BCUT2D eigenvalue weighted by Crippen LogP contribution is -2.33. The van der Waals surface area contributed by atoms with Crippen LogP contribution < -0.4 is 4.72 Å². The molecular formula is C26H25NO3S. The SMILES string of the molecule is Cc1ccc(S(=O)(=O)NC(c2ccc3ccccc3c2)C(O)c2ccccc2C)cc1. The highest BCUT2D eigenvalue weighted by molar-refractivity contribution is 7.89. The lowest BCUT2D eigenvalue weighted by atomic mass is 9.92. The summed E-state index contributed by atoms with van der Waals surface area (Å²) in [6, 6.07) is 26.9. The van der Waals surface area contributed by atoms with Crippen LogP contribution in [0.3, 0.4) is 0 Å². The molecule has 0 amide bonds. The van der Waals surface area contributed by atoms with Crippen LogP contribution in [0.4, 0.5) is 0 Å². The van der Waals surface area contributed by atoms with Crippen LogP contribution in [0, 0.1) is 13.8 Å². The molecular weight excluding hydrogens is 406 g/mol. The molecule has 0 aliphatic heterocycles. The van der Waals surface area contributed by atoms with Crippen molar-refractivity contribution in [3.05, 3.63) is 113 Å². The van der Waals surface area contributed by atoms with Crippen LogP contribution in [0.15, 0.2) is 95.9 Å². The van der Waals surface area contributed by atoms with Crippen molar-refractivity contribution in [1.82, 2.24) is 4.72 Å². The summed E-state index contributed by atoms with van der Waals surface area (Å²) in [7, 11) is -3.85. The Kier molecular flexibility index (Phi) is 5.92. The van der Waals surface area contributed by atoms with Gasteiger partial charge in [-0.1, -0.05) is 78.4 Å². The molecule has 31 heavy (non-hydrogen) atoms. The van der Waals surface area contributed by atoms with E-state index in [1.807, 2.05) is 80.6 Å². The zero-order chi connectivity index (χ0) is 22.0. The zero-order valence-electron chi connectivity index (χ0n) is 17.5. The van der Waals surface area contributed by atoms with Gasteiger partial charge in [-0.05, 0) is 59.5 Å². The minimum absolute atomic E-state index is 0.167. The number of aliphatic hydroxyl groups is 1. The highest BCUT2D eigenvalue weighted by Crippen LogP contribution is 2.33. The first kappa shape index (κ1) is 21.2. The number of sulfonamides is 1. The number of rotatable bonds is 6. The summed E-state index contributed by atoms with van der Waals surface area (Å²) < 4.78 is 29.1. The fraction of sp³-hybridized carbons (Fsp3) is 0.154. The summed E-state index contributed by atoms with van der Waals surface area (Å²) in [5, 5.41) is 13.3. The van der Waals surface area contributed by atoms with E-state index in [1.54, 1.807) is 24.3 Å². The van der Waals surface area contributed by atoms with Crippen molar-refractivity contribution in [3.8, 4) is 0 Å². The van der Waals surface area contributed by atoms with Gasteiger partial charge in [0.15, 0.2) is 0 Å². The summed E-state index contributed by atoms with van der Waals surface area (Å²) in [4.78, 5) is 0.167. The molecule has 5 heteroatoms. The van der Waals surface area contributed by atoms with Gasteiger partial charge in [-0.15, -0.1) is 0 Å². The Morgan fingerprint density at radius 2 is 1.42 bits per heavy atom. The van der Waals surface area contributed by atoms with Gasteiger partial charge in [0, 0.05) is 0 Å². The maximum Gasteiger partial charge on any atom is 0.241 e. The maximum absolute atomic E-state index is 13.2. The first-order chi connectivity index (χ1) is 14.8. The largest absolute Gasteiger partial charge is 0.386 e. The van der Waals surface area contributed by atoms with Crippen molar-refractivity contribution in [2.45, 2.75) is 30.9 Å². The van der Waals surface area contributed by atoms with Gasteiger partial charge in [0.05, 0.1) is 17.0 Å². The topological polar surface area (TPSA) is 66.4 Å². The molecule has 2 unspecified atom stereocenters. The number of benzene rings is 4. The molecule has 158 valence electrons. The fourth-order valence-corrected chi connectivity index (χ4v) is 5.00. The highest BCUT2D eigenvalue weighted by Gasteiger charge is 2.29. The minimum atomic E-state index is -3.85. The molecule has 4 nitrogen and oxygen atoms in total. The number of aryl methyl sites for hydroxylation is 2. The molecule has 4 rings (SSSR count). The quantitative estimate of drug-likeness (QED) is 0.440. The van der Waals surface area contributed by atoms with E-state index < -0.39 is 22.2 Å². The van der Waals surface area contributed by atoms with Gasteiger partial charge in [0.25, 0.3) is 0 Å². The Morgan fingerprint density at radius 3 is 2.13 bits per heavy atom. The van der Waals surface area contributed by atoms with Gasteiger partial charge >= 0.3 is 0 Å². The predicted octanol–water partition coefficient (Wildman–Crippen LogP) is 5.21. The third kappa shape index (κ3) is 4.54. The van der Waals surface area contributed by atoms with Crippen LogP contribution in [0.25, 0.3) is 10.8 Å². The van der Waals surface area contributed by atoms with Crippen molar-refractivity contribution < 1.29 is 13.5 Å². The molecule has 0 aromatic heterocycles. The zero-order valence-corrected chi connectivity index (χ0v) is 18.3. The van der Waals surface area contributed by atoms with Crippen LogP contribution in [-0.4, -0.2) is 13.5 Å². The van der Waals surface area contributed by atoms with Crippen molar-refractivity contribution >= 4 is 20.8 Å². The summed E-state index contributed by atoms with van der Waals surface area (Å²) in [5.41, 5.74) is 3.26. The summed E-state index contributed by atoms with van der Waals surface area (Å²) in [6.07, 6.45) is -1.05. The van der Waals surface area contributed by atoms with Gasteiger partial charge in [0.1, 0.15) is 0 Å². The molecule has 0 heterocycles. The molecule has 0 bridgehead atoms. The lowest BCUT2D eigenvalue weighted by molar-refractivity contribution is 0.139. The predicted molar refractivity (Wildman–Crippen MR) is 124 cm³/mol. The third-order valence-corrected chi connectivity index (χ3v) is 7.03. The normalized spacial score (nSPS) is 13.8. The van der Waals surface area contributed by atoms with Gasteiger partial charge in [-0.25, -0.2) is 13.1 Å². The molecule has 2 atom stereocenters. The van der Waals surface area contributed by atoms with Crippen molar-refractivity contribution in [2.75, 3.05) is 0 Å². The highest BCUT2D eigenvalue weighted by atomic mass is 32.2. The number of hydrogen-bond acceptors (Lipinski definition) is 3. The number of nitrogens with one attached hydrogen (secondary N) is 1. The van der Waals surface area contributed by atoms with Gasteiger partial charge in [-0.3, -0.25) is 0 Å². The molecule has 0 aliphatic carbocycles. The monoisotopic (exact) mass is 431 g/mol. The van der Waals surface area contributed by atoms with E-state index in [2.05, 4.69) is 4.72 Å². The molecule has 0 aliphatic rings. The summed E-state index contributed by atoms with van der Waals surface area (Å²) >= 11 is 0. The van der Waals surface area contributed by atoms with Gasteiger partial charge in [-0.2, -0.15) is 0 Å². The molecule has 0 spiro atoms. The average molecular weight is 432 g/mol. The van der Waals surface area contributed by atoms with E-state index in [4.69, 9.17) is 0 Å². The summed E-state index contributed by atoms with van der Waals surface area (Å²) in [5.74, 6) is 0. The minimum Gasteiger partial charge on any atom is -0.386 e. The van der Waals surface area contributed by atoms with E-state index in [1.165, 1.54) is 0 Å². The Balaban J connectivity index is 1.80. The van der Waals surface area contributed by atoms with Crippen molar-refractivity contribution in [1.29, 1.82) is 0 Å². The fourth-order valence-electron chi connectivity index (χ4n) is 3.77. The van der Waals surface area contributed by atoms with E-state index >= 15 is 0 Å². The Labute approximate surface area is 183 Å². The number of fused-ring (bicyclic) bond motifs is 1. The molecule has 2 N–H and O–H groups in total. The average Bonchev–Trinajstić information content (AvgIpc) is 2.77. The van der Waals surface area contributed by atoms with Crippen molar-refractivity contribution in [2.24, 2.45) is 0 Å². The molecule has 4 aromatic carbocycles. The van der Waals surface area contributed by atoms with Crippen LogP contribution >= 0.6 is 0 Å². The third-order valence-electron chi connectivity index (χ3n) is 5.57. The standard InChI is InChI=1S/C26H25NO3S/c1-18-11-15-23(16-12-18)31(29,30)27-25(26(28)24-10-6-3-7-19(24)2)22-14-13-20-8-4-5-9-21(20)17-22/h3-17,25-28H,1-2H3. The van der Waals surface area contributed by atoms with E-state index in [0.717, 1.165) is 21.9 Å². The smallest absolute Gasteiger partial charge is 0.241 e. The molecule has 0 fully saturated rings. The van der Waals surface area contributed by atoms with Crippen molar-refractivity contribution in [3.63, 3.8) is 0 Å². The molecule has 0 saturated carbocycles. The van der Waals surface area contributed by atoms with E-state index in [9.17, 15) is 13.5 Å². The molecule has 4 aromatic rings. The Hall–Kier alpha value is -2.99. The second kappa shape index (κ2) is 8.63. The molecule has 0 saturated heterocycles. The second-order valence-electron chi connectivity index (χ2n) is 7.82. The molecule has 0 radical (unpaired) electrons. The first-order valence-electron chi connectivity index (χ1n) is 10.2. The lowest BCUT2D eigenvalue weighted by Gasteiger charge is -2.26. The van der Waals surface area contributed by atoms with Crippen LogP contribution in [0.5, 0.6) is 0 Å². The number of hydrogen-bond donors (Lipinski definition) is 2. The van der Waals surface area contributed by atoms with Crippen LogP contribution in [0.2, 0.25) is 0 Å². The maximum atomic E-state index is 13.2. The Bertz CT molecular complexity index is 1310. The van der Waals surface area contributed by atoms with Crippen LogP contribution in [-0.2, 0) is 10.0 Å². The van der Waals surface area contributed by atoms with Gasteiger partial charge < -0.3 is 5.11 Å².